The predicted octanol–water partition coefficient (Wildman–Crippen LogP) is 3.50. The van der Waals surface area contributed by atoms with E-state index in [1.807, 2.05) is 24.3 Å². The second kappa shape index (κ2) is 8.99. The third-order valence-corrected chi connectivity index (χ3v) is 4.28. The maximum atomic E-state index is 12.9. The van der Waals surface area contributed by atoms with Crippen LogP contribution in [0.25, 0.3) is 10.8 Å². The molecule has 0 aliphatic carbocycles. The molecule has 0 bridgehead atoms. The standard InChI is InChI=1S/C22H20FNO4/c1-27-22(26)19-11-8-16-4-2-3-5-18(16)21(19)28-14-20(25)24-13-12-15-6-9-17(23)10-7-15/h2-11H,12-14H2,1H3,(H,24,25). The fourth-order valence-electron chi connectivity index (χ4n) is 2.86. The summed E-state index contributed by atoms with van der Waals surface area (Å²) in [5, 5.41) is 4.37. The summed E-state index contributed by atoms with van der Waals surface area (Å²) in [4.78, 5) is 24.2. The van der Waals surface area contributed by atoms with E-state index in [4.69, 9.17) is 9.47 Å². The molecule has 0 aliphatic heterocycles. The highest BCUT2D eigenvalue weighted by molar-refractivity contribution is 6.01. The van der Waals surface area contributed by atoms with Gasteiger partial charge in [-0.2, -0.15) is 0 Å². The van der Waals surface area contributed by atoms with Gasteiger partial charge in [0.1, 0.15) is 17.1 Å². The number of nitrogens with one attached hydrogen (secondary N) is 1. The van der Waals surface area contributed by atoms with Crippen LogP contribution in [0.1, 0.15) is 15.9 Å². The Kier molecular flexibility index (Phi) is 6.22. The van der Waals surface area contributed by atoms with Crippen molar-refractivity contribution in [1.29, 1.82) is 0 Å². The number of esters is 1. The summed E-state index contributed by atoms with van der Waals surface area (Å²) in [5.74, 6) is -0.820. The Morgan fingerprint density at radius 3 is 2.50 bits per heavy atom. The molecule has 0 unspecified atom stereocenters. The molecule has 3 aromatic rings. The topological polar surface area (TPSA) is 64.6 Å². The minimum atomic E-state index is -0.530. The van der Waals surface area contributed by atoms with Crippen molar-refractivity contribution in [2.45, 2.75) is 6.42 Å². The molecule has 0 aliphatic rings. The molecular formula is C22H20FNO4. The molecule has 28 heavy (non-hydrogen) atoms. The van der Waals surface area contributed by atoms with Crippen LogP contribution < -0.4 is 10.1 Å². The Hall–Kier alpha value is -3.41. The summed E-state index contributed by atoms with van der Waals surface area (Å²) in [5.41, 5.74) is 1.19. The van der Waals surface area contributed by atoms with Crippen LogP contribution in [0.3, 0.4) is 0 Å². The van der Waals surface area contributed by atoms with E-state index in [-0.39, 0.29) is 23.9 Å². The van der Waals surface area contributed by atoms with E-state index in [9.17, 15) is 14.0 Å². The zero-order chi connectivity index (χ0) is 19.9. The number of fused-ring (bicyclic) bond motifs is 1. The molecular weight excluding hydrogens is 361 g/mol. The van der Waals surface area contributed by atoms with E-state index in [2.05, 4.69) is 5.32 Å². The van der Waals surface area contributed by atoms with Gasteiger partial charge in [-0.3, -0.25) is 4.79 Å². The van der Waals surface area contributed by atoms with E-state index in [1.54, 1.807) is 24.3 Å². The monoisotopic (exact) mass is 381 g/mol. The first-order valence-electron chi connectivity index (χ1n) is 8.82. The third-order valence-electron chi connectivity index (χ3n) is 4.28. The van der Waals surface area contributed by atoms with Crippen LogP contribution in [-0.4, -0.2) is 32.1 Å². The number of hydrogen-bond acceptors (Lipinski definition) is 4. The number of hydrogen-bond donors (Lipinski definition) is 1. The molecule has 1 N–H and O–H groups in total. The number of carbonyl (C=O) groups is 2. The Morgan fingerprint density at radius 1 is 1.00 bits per heavy atom. The maximum Gasteiger partial charge on any atom is 0.341 e. The van der Waals surface area contributed by atoms with Gasteiger partial charge in [0.2, 0.25) is 0 Å². The first-order valence-corrected chi connectivity index (χ1v) is 8.82. The largest absolute Gasteiger partial charge is 0.482 e. The molecule has 3 aromatic carbocycles. The number of amides is 1. The van der Waals surface area contributed by atoms with Crippen LogP contribution in [-0.2, 0) is 16.0 Å². The Labute approximate surface area is 162 Å². The summed E-state index contributed by atoms with van der Waals surface area (Å²) in [6.07, 6.45) is 0.577. The molecule has 0 spiro atoms. The second-order valence-electron chi connectivity index (χ2n) is 6.17. The van der Waals surface area contributed by atoms with Gasteiger partial charge in [-0.15, -0.1) is 0 Å². The predicted molar refractivity (Wildman–Crippen MR) is 104 cm³/mol. The molecule has 0 saturated heterocycles. The van der Waals surface area contributed by atoms with Crippen molar-refractivity contribution in [2.75, 3.05) is 20.3 Å². The Morgan fingerprint density at radius 2 is 1.75 bits per heavy atom. The summed E-state index contributed by atoms with van der Waals surface area (Å²) < 4.78 is 23.4. The van der Waals surface area contributed by atoms with Crippen molar-refractivity contribution < 1.29 is 23.5 Å². The summed E-state index contributed by atoms with van der Waals surface area (Å²) in [7, 11) is 1.30. The molecule has 0 fully saturated rings. The smallest absolute Gasteiger partial charge is 0.341 e. The SMILES string of the molecule is COC(=O)c1ccc2ccccc2c1OCC(=O)NCCc1ccc(F)cc1. The lowest BCUT2D eigenvalue weighted by Gasteiger charge is -2.13. The fourth-order valence-corrected chi connectivity index (χ4v) is 2.86. The number of ether oxygens (including phenoxy) is 2. The van der Waals surface area contributed by atoms with Crippen LogP contribution >= 0.6 is 0 Å². The number of halogens is 1. The number of rotatable bonds is 7. The summed E-state index contributed by atoms with van der Waals surface area (Å²) in [6, 6.07) is 17.0. The zero-order valence-electron chi connectivity index (χ0n) is 15.4. The number of carbonyl (C=O) groups excluding carboxylic acids is 2. The van der Waals surface area contributed by atoms with Crippen LogP contribution in [0, 0.1) is 5.82 Å². The normalized spacial score (nSPS) is 10.5. The molecule has 3 rings (SSSR count). The first kappa shape index (κ1) is 19.4. The van der Waals surface area contributed by atoms with Gasteiger partial charge in [0.25, 0.3) is 5.91 Å². The van der Waals surface area contributed by atoms with Gasteiger partial charge in [-0.25, -0.2) is 9.18 Å². The fraction of sp³-hybridized carbons (Fsp3) is 0.182. The molecule has 0 radical (unpaired) electrons. The van der Waals surface area contributed by atoms with Crippen molar-refractivity contribution in [3.05, 3.63) is 77.6 Å². The van der Waals surface area contributed by atoms with Gasteiger partial charge in [0.05, 0.1) is 7.11 Å². The van der Waals surface area contributed by atoms with Crippen LogP contribution in [0.15, 0.2) is 60.7 Å². The highest BCUT2D eigenvalue weighted by Crippen LogP contribution is 2.30. The zero-order valence-corrected chi connectivity index (χ0v) is 15.4. The quantitative estimate of drug-likeness (QED) is 0.636. The van der Waals surface area contributed by atoms with E-state index < -0.39 is 5.97 Å². The van der Waals surface area contributed by atoms with E-state index in [0.717, 1.165) is 16.3 Å². The van der Waals surface area contributed by atoms with Gasteiger partial charge in [-0.05, 0) is 35.6 Å². The summed E-state index contributed by atoms with van der Waals surface area (Å²) in [6.45, 7) is 0.161. The number of methoxy groups -OCH3 is 1. The molecule has 144 valence electrons. The minimum Gasteiger partial charge on any atom is -0.482 e. The third kappa shape index (κ3) is 4.65. The van der Waals surface area contributed by atoms with Crippen molar-refractivity contribution in [3.8, 4) is 5.75 Å². The van der Waals surface area contributed by atoms with Crippen LogP contribution in [0.4, 0.5) is 4.39 Å². The molecule has 0 atom stereocenters. The van der Waals surface area contributed by atoms with E-state index in [0.29, 0.717) is 18.7 Å². The molecule has 0 aromatic heterocycles. The second-order valence-corrected chi connectivity index (χ2v) is 6.17. The molecule has 0 heterocycles. The molecule has 5 nitrogen and oxygen atoms in total. The molecule has 6 heteroatoms. The lowest BCUT2D eigenvalue weighted by molar-refractivity contribution is -0.123. The molecule has 0 saturated carbocycles. The lowest BCUT2D eigenvalue weighted by atomic mass is 10.1. The number of benzene rings is 3. The van der Waals surface area contributed by atoms with E-state index >= 15 is 0 Å². The van der Waals surface area contributed by atoms with Crippen molar-refractivity contribution in [2.24, 2.45) is 0 Å². The van der Waals surface area contributed by atoms with Gasteiger partial charge in [-0.1, -0.05) is 42.5 Å². The average molecular weight is 381 g/mol. The van der Waals surface area contributed by atoms with Crippen molar-refractivity contribution in [1.82, 2.24) is 5.32 Å². The van der Waals surface area contributed by atoms with Crippen LogP contribution in [0.5, 0.6) is 5.75 Å². The highest BCUT2D eigenvalue weighted by Gasteiger charge is 2.17. The lowest BCUT2D eigenvalue weighted by Crippen LogP contribution is -2.30. The Balaban J connectivity index is 1.64. The first-order chi connectivity index (χ1) is 13.6. The van der Waals surface area contributed by atoms with Gasteiger partial charge >= 0.3 is 5.97 Å². The van der Waals surface area contributed by atoms with Gasteiger partial charge in [0, 0.05) is 11.9 Å². The van der Waals surface area contributed by atoms with Crippen LogP contribution in [0.2, 0.25) is 0 Å². The maximum absolute atomic E-state index is 12.9. The van der Waals surface area contributed by atoms with Crippen molar-refractivity contribution >= 4 is 22.6 Å². The Bertz CT molecular complexity index is 985. The summed E-state index contributed by atoms with van der Waals surface area (Å²) >= 11 is 0. The highest BCUT2D eigenvalue weighted by atomic mass is 19.1. The van der Waals surface area contributed by atoms with Crippen molar-refractivity contribution in [3.63, 3.8) is 0 Å². The average Bonchev–Trinajstić information content (AvgIpc) is 2.72. The van der Waals surface area contributed by atoms with Gasteiger partial charge in [0.15, 0.2) is 6.61 Å². The minimum absolute atomic E-state index is 0.235. The van der Waals surface area contributed by atoms with Gasteiger partial charge < -0.3 is 14.8 Å². The molecule has 1 amide bonds. The van der Waals surface area contributed by atoms with E-state index in [1.165, 1.54) is 19.2 Å².